The third-order valence-electron chi connectivity index (χ3n) is 9.41. The predicted molar refractivity (Wildman–Crippen MR) is 169 cm³/mol. The number of anilines is 1. The molecule has 214 valence electrons. The number of nitrogen functional groups attached to an aromatic ring is 1. The van der Waals surface area contributed by atoms with Gasteiger partial charge in [0.15, 0.2) is 5.82 Å². The van der Waals surface area contributed by atoms with Gasteiger partial charge >= 0.3 is 0 Å². The standard InChI is InChI=1S/C31H36FN6OPS/c1-5-17(2)24-20(12-35-18(3)38-10-8-31(16-38)7-6-9-37(31)4)21-14-39-15-22(21)25(28(24)40)27-26-19(11-33)30(34)41-29(26)23(32)13-36-27/h12-13H,5-10,14-16,34,40H2,1-4H3/b20-12-,24-17?,35-18?. The molecule has 0 aliphatic carbocycles. The Morgan fingerprint density at radius 2 is 2.10 bits per heavy atom. The van der Waals surface area contributed by atoms with E-state index in [0.717, 1.165) is 69.1 Å². The fraction of sp³-hybridized carbons (Fsp3) is 0.452. The number of nitrogens with two attached hydrogens (primary N) is 1. The number of pyridine rings is 1. The van der Waals surface area contributed by atoms with Crippen molar-refractivity contribution in [2.45, 2.75) is 65.2 Å². The van der Waals surface area contributed by atoms with Gasteiger partial charge in [-0.25, -0.2) is 9.38 Å². The van der Waals surface area contributed by atoms with Crippen LogP contribution < -0.4 is 21.5 Å². The van der Waals surface area contributed by atoms with Crippen molar-refractivity contribution in [3.05, 3.63) is 39.1 Å². The molecule has 2 saturated heterocycles. The number of fused-ring (bicyclic) bond motifs is 2. The van der Waals surface area contributed by atoms with Gasteiger partial charge < -0.3 is 15.4 Å². The first-order valence-electron chi connectivity index (χ1n) is 14.2. The van der Waals surface area contributed by atoms with Crippen molar-refractivity contribution in [1.82, 2.24) is 14.8 Å². The minimum absolute atomic E-state index is 0.272. The van der Waals surface area contributed by atoms with Gasteiger partial charge in [0, 0.05) is 41.0 Å². The summed E-state index contributed by atoms with van der Waals surface area (Å²) in [6, 6.07) is 2.19. The molecule has 3 aromatic rings. The quantitative estimate of drug-likeness (QED) is 0.282. The second kappa shape index (κ2) is 10.7. The second-order valence-corrected chi connectivity index (χ2v) is 13.1. The molecule has 0 saturated carbocycles. The van der Waals surface area contributed by atoms with E-state index in [1.54, 1.807) is 0 Å². The zero-order valence-corrected chi connectivity index (χ0v) is 26.1. The van der Waals surface area contributed by atoms with Crippen LogP contribution in [0, 0.1) is 17.1 Å². The maximum absolute atomic E-state index is 14.9. The number of hydrogen-bond acceptors (Lipinski definition) is 7. The van der Waals surface area contributed by atoms with Gasteiger partial charge in [-0.2, -0.15) is 5.26 Å². The van der Waals surface area contributed by atoms with Crippen molar-refractivity contribution in [1.29, 1.82) is 5.26 Å². The number of nitriles is 1. The van der Waals surface area contributed by atoms with Crippen LogP contribution in [0.5, 0.6) is 0 Å². The molecule has 2 atom stereocenters. The second-order valence-electron chi connectivity index (χ2n) is 11.5. The summed E-state index contributed by atoms with van der Waals surface area (Å²) in [5, 5.41) is 13.8. The van der Waals surface area contributed by atoms with E-state index in [1.165, 1.54) is 37.6 Å². The number of hydrogen-bond donors (Lipinski definition) is 1. The van der Waals surface area contributed by atoms with Crippen molar-refractivity contribution in [3.8, 4) is 17.3 Å². The summed E-state index contributed by atoms with van der Waals surface area (Å²) < 4.78 is 21.2. The lowest BCUT2D eigenvalue weighted by atomic mass is 9.93. The lowest BCUT2D eigenvalue weighted by Crippen LogP contribution is -2.44. The number of nitrogens with zero attached hydrogens (tertiary/aromatic N) is 5. The van der Waals surface area contributed by atoms with Crippen LogP contribution in [0.3, 0.4) is 0 Å². The highest BCUT2D eigenvalue weighted by molar-refractivity contribution is 7.28. The SMILES string of the molecule is CCC(C)=c1c(P)c(-c2ncc(F)c3sc(N)c(C#N)c23)c2c(/c1=C/N=C(C)N1CCC3(CCCN3C)C1)COC2. The Morgan fingerprint density at radius 3 is 2.80 bits per heavy atom. The average Bonchev–Trinajstić information content (AvgIpc) is 3.75. The minimum atomic E-state index is -0.473. The Labute approximate surface area is 246 Å². The van der Waals surface area contributed by atoms with E-state index in [0.29, 0.717) is 34.0 Å². The van der Waals surface area contributed by atoms with Crippen LogP contribution in [0.2, 0.25) is 0 Å². The number of halogens is 1. The van der Waals surface area contributed by atoms with Gasteiger partial charge in [-0.1, -0.05) is 12.5 Å². The van der Waals surface area contributed by atoms with E-state index in [9.17, 15) is 9.65 Å². The number of likely N-dealkylation sites (tertiary alicyclic amines) is 2. The van der Waals surface area contributed by atoms with Crippen LogP contribution in [0.25, 0.3) is 33.1 Å². The highest BCUT2D eigenvalue weighted by Gasteiger charge is 2.44. The molecule has 5 heterocycles. The van der Waals surface area contributed by atoms with Crippen molar-refractivity contribution < 1.29 is 9.13 Å². The summed E-state index contributed by atoms with van der Waals surface area (Å²) in [7, 11) is 5.17. The Hall–Kier alpha value is -2.89. The summed E-state index contributed by atoms with van der Waals surface area (Å²) in [4.78, 5) is 14.6. The molecule has 2 aromatic heterocycles. The number of amidine groups is 1. The molecule has 2 fully saturated rings. The Balaban J connectivity index is 1.56. The van der Waals surface area contributed by atoms with Gasteiger partial charge in [0.1, 0.15) is 16.9 Å². The molecule has 2 N–H and O–H groups in total. The first-order chi connectivity index (χ1) is 19.7. The first-order valence-corrected chi connectivity index (χ1v) is 15.6. The maximum atomic E-state index is 14.9. The number of rotatable bonds is 3. The van der Waals surface area contributed by atoms with Gasteiger partial charge in [0.2, 0.25) is 0 Å². The highest BCUT2D eigenvalue weighted by atomic mass is 32.1. The van der Waals surface area contributed by atoms with Gasteiger partial charge in [-0.05, 0) is 74.8 Å². The molecule has 6 rings (SSSR count). The van der Waals surface area contributed by atoms with E-state index >= 15 is 0 Å². The maximum Gasteiger partial charge on any atom is 0.159 e. The summed E-state index contributed by atoms with van der Waals surface area (Å²) in [5.41, 5.74) is 11.4. The van der Waals surface area contributed by atoms with Crippen molar-refractivity contribution in [2.75, 3.05) is 32.4 Å². The number of benzene rings is 1. The molecule has 0 radical (unpaired) electrons. The lowest BCUT2D eigenvalue weighted by Gasteiger charge is -2.32. The molecule has 10 heteroatoms. The molecular weight excluding hydrogens is 554 g/mol. The number of aliphatic imine (C=N–C) groups is 1. The van der Waals surface area contributed by atoms with E-state index in [4.69, 9.17) is 15.5 Å². The summed E-state index contributed by atoms with van der Waals surface area (Å²) in [6.45, 7) is 10.5. The van der Waals surface area contributed by atoms with Crippen LogP contribution in [-0.2, 0) is 18.0 Å². The smallest absolute Gasteiger partial charge is 0.159 e. The zero-order chi connectivity index (χ0) is 29.1. The Kier molecular flexibility index (Phi) is 7.40. The summed E-state index contributed by atoms with van der Waals surface area (Å²) in [6.07, 6.45) is 7.79. The monoisotopic (exact) mass is 590 g/mol. The van der Waals surface area contributed by atoms with Crippen molar-refractivity contribution in [3.63, 3.8) is 0 Å². The largest absolute Gasteiger partial charge is 0.389 e. The van der Waals surface area contributed by atoms with Gasteiger partial charge in [-0.15, -0.1) is 20.6 Å². The molecule has 7 nitrogen and oxygen atoms in total. The Morgan fingerprint density at radius 1 is 1.32 bits per heavy atom. The normalized spacial score (nSPS) is 22.3. The van der Waals surface area contributed by atoms with Crippen LogP contribution in [0.4, 0.5) is 9.39 Å². The number of likely N-dealkylation sites (N-methyl/N-ethyl adjacent to an activating group) is 1. The van der Waals surface area contributed by atoms with Gasteiger partial charge in [0.05, 0.1) is 35.4 Å². The predicted octanol–water partition coefficient (Wildman–Crippen LogP) is 3.99. The molecule has 0 bridgehead atoms. The van der Waals surface area contributed by atoms with Crippen molar-refractivity contribution in [2.24, 2.45) is 4.99 Å². The average molecular weight is 591 g/mol. The van der Waals surface area contributed by atoms with Gasteiger partial charge in [-0.3, -0.25) is 9.88 Å². The molecule has 2 unspecified atom stereocenters. The zero-order valence-electron chi connectivity index (χ0n) is 24.1. The molecule has 1 aromatic carbocycles. The molecule has 3 aliphatic rings. The topological polar surface area (TPSA) is 90.8 Å². The first kappa shape index (κ1) is 28.2. The van der Waals surface area contributed by atoms with E-state index in [2.05, 4.69) is 57.9 Å². The molecule has 1 spiro atoms. The van der Waals surface area contributed by atoms with Crippen LogP contribution >= 0.6 is 20.6 Å². The Bertz CT molecular complexity index is 1780. The van der Waals surface area contributed by atoms with E-state index < -0.39 is 5.82 Å². The van der Waals surface area contributed by atoms with E-state index in [-0.39, 0.29) is 11.1 Å². The van der Waals surface area contributed by atoms with Crippen molar-refractivity contribution >= 4 is 58.6 Å². The fourth-order valence-electron chi connectivity index (χ4n) is 6.87. The van der Waals surface area contributed by atoms with Crippen LogP contribution in [0.1, 0.15) is 63.1 Å². The summed E-state index contributed by atoms with van der Waals surface area (Å²) in [5.74, 6) is 0.553. The minimum Gasteiger partial charge on any atom is -0.389 e. The summed E-state index contributed by atoms with van der Waals surface area (Å²) >= 11 is 1.09. The fourth-order valence-corrected chi connectivity index (χ4v) is 8.51. The molecule has 41 heavy (non-hydrogen) atoms. The third kappa shape index (κ3) is 4.47. The third-order valence-corrected chi connectivity index (χ3v) is 11.0. The molecule has 0 amide bonds. The van der Waals surface area contributed by atoms with Gasteiger partial charge in [0.25, 0.3) is 0 Å². The highest BCUT2D eigenvalue weighted by Crippen LogP contribution is 2.41. The number of ether oxygens (including phenoxy) is 1. The van der Waals surface area contributed by atoms with Crippen LogP contribution in [-0.4, -0.2) is 52.8 Å². The van der Waals surface area contributed by atoms with Crippen LogP contribution in [0.15, 0.2) is 11.2 Å². The molecule has 3 aliphatic heterocycles. The number of thiophene rings is 1. The van der Waals surface area contributed by atoms with E-state index in [1.807, 2.05) is 6.20 Å². The molecular formula is C31H36FN6OPS. The lowest BCUT2D eigenvalue weighted by molar-refractivity contribution is 0.134. The number of aromatic nitrogens is 1.